The summed E-state index contributed by atoms with van der Waals surface area (Å²) in [7, 11) is 0. The molecule has 4 rings (SSSR count). The van der Waals surface area contributed by atoms with E-state index in [4.69, 9.17) is 0 Å². The zero-order chi connectivity index (χ0) is 22.7. The highest BCUT2D eigenvalue weighted by molar-refractivity contribution is 5.95. The first-order valence-corrected chi connectivity index (χ1v) is 10.4. The van der Waals surface area contributed by atoms with Gasteiger partial charge >= 0.3 is 0 Å². The number of benzene rings is 1. The van der Waals surface area contributed by atoms with E-state index in [1.54, 1.807) is 17.0 Å². The minimum absolute atomic E-state index is 0.00481. The minimum Gasteiger partial charge on any atom is -0.362 e. The molecule has 1 N–H and O–H groups in total. The second kappa shape index (κ2) is 9.04. The number of amides is 2. The fourth-order valence-electron chi connectivity index (χ4n) is 3.85. The summed E-state index contributed by atoms with van der Waals surface area (Å²) < 4.78 is 1.91. The molecule has 2 amide bonds. The van der Waals surface area contributed by atoms with E-state index in [1.165, 1.54) is 13.0 Å². The minimum atomic E-state index is -0.472. The molecule has 1 aliphatic heterocycles. The van der Waals surface area contributed by atoms with Crippen molar-refractivity contribution in [1.82, 2.24) is 19.6 Å². The maximum Gasteiger partial charge on any atom is 0.293 e. The van der Waals surface area contributed by atoms with E-state index in [0.717, 1.165) is 11.3 Å². The highest BCUT2D eigenvalue weighted by atomic mass is 16.6. The zero-order valence-electron chi connectivity index (χ0n) is 17.7. The van der Waals surface area contributed by atoms with Crippen molar-refractivity contribution in [1.29, 1.82) is 0 Å². The van der Waals surface area contributed by atoms with Crippen molar-refractivity contribution in [3.8, 4) is 0 Å². The Hall–Kier alpha value is -3.95. The quantitative estimate of drug-likeness (QED) is 0.466. The van der Waals surface area contributed by atoms with Crippen LogP contribution in [0, 0.1) is 10.1 Å². The lowest BCUT2D eigenvalue weighted by molar-refractivity contribution is -0.384. The number of nitrogens with zero attached hydrogens (tertiary/aromatic N) is 5. The van der Waals surface area contributed by atoms with E-state index in [-0.39, 0.29) is 23.1 Å². The SMILES string of the molecule is CC(=O)N1CCN(c2ccc(C(=O)NCCc3cn4ccccc4n3)cc2[N+](=O)[O-])CC1. The summed E-state index contributed by atoms with van der Waals surface area (Å²) in [6, 6.07) is 10.3. The average Bonchev–Trinajstić information content (AvgIpc) is 3.21. The number of nitro groups is 1. The Morgan fingerprint density at radius 2 is 1.94 bits per heavy atom. The van der Waals surface area contributed by atoms with Crippen LogP contribution in [0.2, 0.25) is 0 Å². The number of anilines is 1. The second-order valence-corrected chi connectivity index (χ2v) is 7.66. The molecule has 1 aliphatic rings. The highest BCUT2D eigenvalue weighted by Crippen LogP contribution is 2.30. The lowest BCUT2D eigenvalue weighted by Crippen LogP contribution is -2.48. The Balaban J connectivity index is 1.40. The van der Waals surface area contributed by atoms with Crippen LogP contribution in [0.4, 0.5) is 11.4 Å². The first-order valence-electron chi connectivity index (χ1n) is 10.4. The van der Waals surface area contributed by atoms with Crippen molar-refractivity contribution in [2.45, 2.75) is 13.3 Å². The number of imidazole rings is 1. The standard InChI is InChI=1S/C22H24N6O4/c1-16(29)25-10-12-26(13-11-25)19-6-5-17(14-20(19)28(31)32)22(30)23-8-7-18-15-27-9-3-2-4-21(27)24-18/h2-6,9,14-15H,7-8,10-13H2,1H3,(H,23,30). The molecule has 0 saturated carbocycles. The molecule has 10 heteroatoms. The molecule has 3 aromatic rings. The number of nitrogens with one attached hydrogen (secondary N) is 1. The number of carbonyl (C=O) groups excluding carboxylic acids is 2. The predicted molar refractivity (Wildman–Crippen MR) is 119 cm³/mol. The first kappa shape index (κ1) is 21.3. The number of aromatic nitrogens is 2. The molecule has 0 radical (unpaired) electrons. The third kappa shape index (κ3) is 4.53. The van der Waals surface area contributed by atoms with Crippen LogP contribution in [-0.4, -0.2) is 63.7 Å². The van der Waals surface area contributed by atoms with Gasteiger partial charge < -0.3 is 19.5 Å². The van der Waals surface area contributed by atoms with Crippen LogP contribution in [0.3, 0.4) is 0 Å². The van der Waals surface area contributed by atoms with Gasteiger partial charge in [0.15, 0.2) is 0 Å². The molecule has 1 aromatic carbocycles. The largest absolute Gasteiger partial charge is 0.362 e. The van der Waals surface area contributed by atoms with Gasteiger partial charge in [-0.15, -0.1) is 0 Å². The van der Waals surface area contributed by atoms with Gasteiger partial charge in [-0.3, -0.25) is 19.7 Å². The molecule has 0 unspecified atom stereocenters. The Labute approximate surface area is 184 Å². The molecule has 3 heterocycles. The number of piperazine rings is 1. The van der Waals surface area contributed by atoms with Crippen LogP contribution >= 0.6 is 0 Å². The van der Waals surface area contributed by atoms with Crippen molar-refractivity contribution in [2.75, 3.05) is 37.6 Å². The van der Waals surface area contributed by atoms with Crippen molar-refractivity contribution in [2.24, 2.45) is 0 Å². The lowest BCUT2D eigenvalue weighted by Gasteiger charge is -2.35. The van der Waals surface area contributed by atoms with Crippen molar-refractivity contribution >= 4 is 28.8 Å². The maximum absolute atomic E-state index is 12.6. The Bertz CT molecular complexity index is 1130. The van der Waals surface area contributed by atoms with Crippen LogP contribution in [0.1, 0.15) is 23.0 Å². The summed E-state index contributed by atoms with van der Waals surface area (Å²) in [5.41, 5.74) is 2.26. The number of pyridine rings is 1. The van der Waals surface area contributed by atoms with Gasteiger partial charge in [-0.1, -0.05) is 6.07 Å². The molecular weight excluding hydrogens is 412 g/mol. The van der Waals surface area contributed by atoms with E-state index in [2.05, 4.69) is 10.3 Å². The van der Waals surface area contributed by atoms with Crippen molar-refractivity contribution < 1.29 is 14.5 Å². The van der Waals surface area contributed by atoms with Gasteiger partial charge in [-0.25, -0.2) is 4.98 Å². The number of nitro benzene ring substituents is 1. The molecule has 1 saturated heterocycles. The molecule has 166 valence electrons. The fraction of sp³-hybridized carbons (Fsp3) is 0.318. The second-order valence-electron chi connectivity index (χ2n) is 7.66. The highest BCUT2D eigenvalue weighted by Gasteiger charge is 2.25. The van der Waals surface area contributed by atoms with Gasteiger partial charge in [0.05, 0.1) is 10.6 Å². The third-order valence-corrected chi connectivity index (χ3v) is 5.58. The molecule has 32 heavy (non-hydrogen) atoms. The van der Waals surface area contributed by atoms with Gasteiger partial charge in [-0.05, 0) is 24.3 Å². The van der Waals surface area contributed by atoms with Gasteiger partial charge in [0, 0.05) is 70.1 Å². The zero-order valence-corrected chi connectivity index (χ0v) is 17.7. The molecule has 0 bridgehead atoms. The molecule has 0 spiro atoms. The smallest absolute Gasteiger partial charge is 0.293 e. The Morgan fingerprint density at radius 1 is 1.16 bits per heavy atom. The van der Waals surface area contributed by atoms with Crippen LogP contribution in [-0.2, 0) is 11.2 Å². The normalized spacial score (nSPS) is 13.9. The summed E-state index contributed by atoms with van der Waals surface area (Å²) in [4.78, 5) is 43.4. The van der Waals surface area contributed by atoms with E-state index in [9.17, 15) is 19.7 Å². The lowest BCUT2D eigenvalue weighted by atomic mass is 10.1. The molecular formula is C22H24N6O4. The van der Waals surface area contributed by atoms with E-state index >= 15 is 0 Å². The molecule has 10 nitrogen and oxygen atoms in total. The first-order chi connectivity index (χ1) is 15.4. The van der Waals surface area contributed by atoms with E-state index < -0.39 is 4.92 Å². The molecule has 0 atom stereocenters. The fourth-order valence-corrected chi connectivity index (χ4v) is 3.85. The molecule has 2 aromatic heterocycles. The third-order valence-electron chi connectivity index (χ3n) is 5.58. The number of hydrogen-bond donors (Lipinski definition) is 1. The number of rotatable bonds is 6. The van der Waals surface area contributed by atoms with Gasteiger partial charge in [0.2, 0.25) is 5.91 Å². The summed E-state index contributed by atoms with van der Waals surface area (Å²) >= 11 is 0. The predicted octanol–water partition coefficient (Wildman–Crippen LogP) is 1.88. The Kier molecular flexibility index (Phi) is 6.02. The maximum atomic E-state index is 12.6. The monoisotopic (exact) mass is 436 g/mol. The summed E-state index contributed by atoms with van der Waals surface area (Å²) in [5, 5.41) is 14.5. The number of hydrogen-bond acceptors (Lipinski definition) is 6. The number of fused-ring (bicyclic) bond motifs is 1. The van der Waals surface area contributed by atoms with Crippen LogP contribution in [0.25, 0.3) is 5.65 Å². The Morgan fingerprint density at radius 3 is 2.62 bits per heavy atom. The van der Waals surface area contributed by atoms with Crippen LogP contribution in [0.15, 0.2) is 48.8 Å². The van der Waals surface area contributed by atoms with Crippen molar-refractivity contribution in [3.63, 3.8) is 0 Å². The molecule has 1 fully saturated rings. The van der Waals surface area contributed by atoms with Crippen LogP contribution < -0.4 is 10.2 Å². The summed E-state index contributed by atoms with van der Waals surface area (Å²) in [5.74, 6) is -0.375. The van der Waals surface area contributed by atoms with Gasteiger partial charge in [-0.2, -0.15) is 0 Å². The van der Waals surface area contributed by atoms with Crippen LogP contribution in [0.5, 0.6) is 0 Å². The van der Waals surface area contributed by atoms with Gasteiger partial charge in [0.25, 0.3) is 11.6 Å². The van der Waals surface area contributed by atoms with E-state index in [0.29, 0.717) is 44.8 Å². The van der Waals surface area contributed by atoms with E-state index in [1.807, 2.05) is 39.9 Å². The summed E-state index contributed by atoms with van der Waals surface area (Å²) in [6.45, 7) is 3.91. The molecule has 0 aliphatic carbocycles. The number of carbonyl (C=O) groups is 2. The topological polar surface area (TPSA) is 113 Å². The average molecular weight is 436 g/mol. The van der Waals surface area contributed by atoms with Crippen molar-refractivity contribution in [3.05, 3.63) is 70.2 Å². The van der Waals surface area contributed by atoms with Gasteiger partial charge in [0.1, 0.15) is 11.3 Å². The summed E-state index contributed by atoms with van der Waals surface area (Å²) in [6.07, 6.45) is 4.37.